The van der Waals surface area contributed by atoms with Crippen LogP contribution in [0.2, 0.25) is 0 Å². The predicted octanol–water partition coefficient (Wildman–Crippen LogP) is 6.30. The van der Waals surface area contributed by atoms with Crippen molar-refractivity contribution < 1.29 is 30.9 Å². The highest BCUT2D eigenvalue weighted by Gasteiger charge is 2.30. The molecule has 1 aromatic heterocycles. The van der Waals surface area contributed by atoms with Gasteiger partial charge in [-0.15, -0.1) is 0 Å². The molecule has 0 bridgehead atoms. The normalized spacial score (nSPS) is 14.4. The minimum absolute atomic E-state index is 0.142. The van der Waals surface area contributed by atoms with Crippen molar-refractivity contribution in [3.05, 3.63) is 101 Å². The molecule has 0 unspecified atom stereocenters. The number of ketones is 1. The highest BCUT2D eigenvalue weighted by atomic mass is 32.2. The number of rotatable bonds is 6. The van der Waals surface area contributed by atoms with Crippen molar-refractivity contribution in [3.8, 4) is 11.5 Å². The first-order chi connectivity index (χ1) is 17.9. The monoisotopic (exact) mass is 535 g/mol. The number of aromatic nitrogens is 1. The number of allylic oxidation sites excluding steroid dienone is 1. The van der Waals surface area contributed by atoms with Crippen molar-refractivity contribution >= 4 is 39.0 Å². The van der Waals surface area contributed by atoms with E-state index in [0.717, 1.165) is 16.5 Å². The van der Waals surface area contributed by atoms with Crippen LogP contribution >= 0.6 is 0 Å². The van der Waals surface area contributed by atoms with E-state index < -0.39 is 32.2 Å². The van der Waals surface area contributed by atoms with Crippen LogP contribution in [0, 0.1) is 11.6 Å². The molecule has 0 spiro atoms. The van der Waals surface area contributed by atoms with E-state index in [1.807, 2.05) is 42.1 Å². The number of hydrogen-bond donors (Lipinski definition) is 0. The number of fused-ring (bicyclic) bond motifs is 2. The smallest absolute Gasteiger partial charge is 0.339 e. The Hall–Kier alpha value is -4.24. The molecular weight excluding hydrogens is 512 g/mol. The van der Waals surface area contributed by atoms with E-state index in [9.17, 15) is 22.0 Å². The molecule has 0 amide bonds. The Labute approximate surface area is 218 Å². The molecule has 5 rings (SSSR count). The molecule has 9 heteroatoms. The zero-order valence-corrected chi connectivity index (χ0v) is 21.6. The lowest BCUT2D eigenvalue weighted by molar-refractivity contribution is 0.103. The van der Waals surface area contributed by atoms with E-state index in [1.54, 1.807) is 32.1 Å². The van der Waals surface area contributed by atoms with Gasteiger partial charge < -0.3 is 13.5 Å². The third-order valence-electron chi connectivity index (χ3n) is 6.10. The van der Waals surface area contributed by atoms with Gasteiger partial charge in [0, 0.05) is 30.2 Å². The van der Waals surface area contributed by atoms with Crippen LogP contribution in [0.25, 0.3) is 23.1 Å². The Morgan fingerprint density at radius 3 is 2.50 bits per heavy atom. The number of halogens is 2. The topological polar surface area (TPSA) is 74.6 Å². The van der Waals surface area contributed by atoms with Crippen LogP contribution in [0.5, 0.6) is 11.5 Å². The molecule has 1 aliphatic rings. The fourth-order valence-electron chi connectivity index (χ4n) is 4.20. The third kappa shape index (κ3) is 4.97. The second kappa shape index (κ2) is 9.25. The van der Waals surface area contributed by atoms with Crippen molar-refractivity contribution in [1.82, 2.24) is 4.57 Å². The average molecular weight is 536 g/mol. The molecule has 0 atom stereocenters. The zero-order valence-electron chi connectivity index (χ0n) is 20.7. The number of aryl methyl sites for hydroxylation is 1. The van der Waals surface area contributed by atoms with E-state index in [2.05, 4.69) is 0 Å². The number of ether oxygens (including phenoxy) is 1. The van der Waals surface area contributed by atoms with E-state index in [0.29, 0.717) is 18.2 Å². The van der Waals surface area contributed by atoms with Crippen LogP contribution in [0.15, 0.2) is 77.8 Å². The van der Waals surface area contributed by atoms with E-state index in [1.165, 1.54) is 18.2 Å². The first kappa shape index (κ1) is 25.4. The van der Waals surface area contributed by atoms with Crippen molar-refractivity contribution in [2.75, 3.05) is 0 Å². The molecule has 0 aliphatic carbocycles. The summed E-state index contributed by atoms with van der Waals surface area (Å²) in [6, 6.07) is 12.4. The molecule has 0 saturated carbocycles. The van der Waals surface area contributed by atoms with Crippen LogP contribution in [0.1, 0.15) is 35.3 Å². The number of benzene rings is 3. The Kier molecular flexibility index (Phi) is 6.19. The summed E-state index contributed by atoms with van der Waals surface area (Å²) in [4.78, 5) is 12.5. The molecule has 0 fully saturated rings. The number of carbonyl (C=O) groups is 1. The van der Waals surface area contributed by atoms with Gasteiger partial charge in [0.25, 0.3) is 0 Å². The lowest BCUT2D eigenvalue weighted by Gasteiger charge is -2.29. The standard InChI is InChI=1S/C29H23F2NO5S/c1-29(2)12-10-24-27(37-38(34,35)22-16-20(30)15-21(31)17-22)9-6-23(28(24)36-29)26(33)8-5-18-4-7-25-19(14-18)11-13-32(25)3/h4-17H,1-3H3/b8-5+. The van der Waals surface area contributed by atoms with Crippen LogP contribution in [-0.2, 0) is 17.2 Å². The van der Waals surface area contributed by atoms with E-state index in [4.69, 9.17) is 8.92 Å². The van der Waals surface area contributed by atoms with Gasteiger partial charge in [-0.3, -0.25) is 4.79 Å². The zero-order chi connectivity index (χ0) is 27.2. The van der Waals surface area contributed by atoms with Gasteiger partial charge in [-0.2, -0.15) is 8.42 Å². The molecule has 4 aromatic rings. The van der Waals surface area contributed by atoms with Crippen molar-refractivity contribution in [2.45, 2.75) is 24.3 Å². The Bertz CT molecular complexity index is 1750. The quantitative estimate of drug-likeness (QED) is 0.164. The summed E-state index contributed by atoms with van der Waals surface area (Å²) in [5.41, 5.74) is 1.54. The Morgan fingerprint density at radius 1 is 1.03 bits per heavy atom. The van der Waals surface area contributed by atoms with Gasteiger partial charge >= 0.3 is 10.1 Å². The SMILES string of the molecule is Cn1ccc2cc(/C=C/C(=O)c3ccc(OS(=O)(=O)c4cc(F)cc(F)c4)c4c3OC(C)(C)C=C4)ccc21. The molecule has 1 aliphatic heterocycles. The summed E-state index contributed by atoms with van der Waals surface area (Å²) in [6.07, 6.45) is 8.35. The van der Waals surface area contributed by atoms with Crippen LogP contribution in [-0.4, -0.2) is 24.4 Å². The van der Waals surface area contributed by atoms with Crippen molar-refractivity contribution in [2.24, 2.45) is 7.05 Å². The first-order valence-corrected chi connectivity index (χ1v) is 13.1. The molecule has 0 radical (unpaired) electrons. The van der Waals surface area contributed by atoms with Crippen LogP contribution in [0.3, 0.4) is 0 Å². The van der Waals surface area contributed by atoms with Gasteiger partial charge in [0.15, 0.2) is 11.5 Å². The highest BCUT2D eigenvalue weighted by Crippen LogP contribution is 2.41. The number of carbonyl (C=O) groups excluding carboxylic acids is 1. The number of nitrogens with zero attached hydrogens (tertiary/aromatic N) is 1. The molecule has 0 saturated heterocycles. The molecule has 2 heterocycles. The molecule has 3 aromatic carbocycles. The van der Waals surface area contributed by atoms with Gasteiger partial charge in [-0.25, -0.2) is 8.78 Å². The first-order valence-electron chi connectivity index (χ1n) is 11.7. The summed E-state index contributed by atoms with van der Waals surface area (Å²) in [7, 11) is -2.63. The van der Waals surface area contributed by atoms with Gasteiger partial charge in [-0.05, 0) is 80.1 Å². The van der Waals surface area contributed by atoms with Crippen LogP contribution in [0.4, 0.5) is 8.78 Å². The fraction of sp³-hybridized carbons (Fsp3) is 0.138. The van der Waals surface area contributed by atoms with Gasteiger partial charge in [0.1, 0.15) is 27.9 Å². The molecule has 6 nitrogen and oxygen atoms in total. The second-order valence-corrected chi connectivity index (χ2v) is 11.0. The molecular formula is C29H23F2NO5S. The molecule has 38 heavy (non-hydrogen) atoms. The minimum Gasteiger partial charge on any atom is -0.482 e. The maximum absolute atomic E-state index is 13.6. The molecule has 194 valence electrons. The Morgan fingerprint density at radius 2 is 1.76 bits per heavy atom. The van der Waals surface area contributed by atoms with E-state index in [-0.39, 0.29) is 28.4 Å². The highest BCUT2D eigenvalue weighted by molar-refractivity contribution is 7.87. The minimum atomic E-state index is -4.59. The summed E-state index contributed by atoms with van der Waals surface area (Å²) < 4.78 is 66.1. The second-order valence-electron chi connectivity index (χ2n) is 9.48. The summed E-state index contributed by atoms with van der Waals surface area (Å²) in [5.74, 6) is -2.48. The van der Waals surface area contributed by atoms with Crippen molar-refractivity contribution in [3.63, 3.8) is 0 Å². The summed E-state index contributed by atoms with van der Waals surface area (Å²) >= 11 is 0. The predicted molar refractivity (Wildman–Crippen MR) is 141 cm³/mol. The average Bonchev–Trinajstić information content (AvgIpc) is 3.21. The largest absolute Gasteiger partial charge is 0.482 e. The van der Waals surface area contributed by atoms with Crippen molar-refractivity contribution in [1.29, 1.82) is 0 Å². The lowest BCUT2D eigenvalue weighted by Crippen LogP contribution is -2.29. The van der Waals surface area contributed by atoms with E-state index >= 15 is 0 Å². The maximum atomic E-state index is 13.6. The fourth-order valence-corrected chi connectivity index (χ4v) is 5.19. The lowest BCUT2D eigenvalue weighted by atomic mass is 9.97. The van der Waals surface area contributed by atoms with Gasteiger partial charge in [0.05, 0.1) is 11.1 Å². The van der Waals surface area contributed by atoms with Gasteiger partial charge in [-0.1, -0.05) is 12.1 Å². The summed E-state index contributed by atoms with van der Waals surface area (Å²) in [5, 5.41) is 1.04. The van der Waals surface area contributed by atoms with Crippen LogP contribution < -0.4 is 8.92 Å². The maximum Gasteiger partial charge on any atom is 0.339 e. The Balaban J connectivity index is 1.50. The summed E-state index contributed by atoms with van der Waals surface area (Å²) in [6.45, 7) is 3.57. The molecule has 0 N–H and O–H groups in total. The van der Waals surface area contributed by atoms with Gasteiger partial charge in [0.2, 0.25) is 0 Å². The number of hydrogen-bond acceptors (Lipinski definition) is 5. The third-order valence-corrected chi connectivity index (χ3v) is 7.31.